The van der Waals surface area contributed by atoms with Gasteiger partial charge in [0.05, 0.1) is 20.3 Å². The predicted octanol–water partition coefficient (Wildman–Crippen LogP) is 4.52. The van der Waals surface area contributed by atoms with Crippen molar-refractivity contribution in [1.82, 2.24) is 10.0 Å². The lowest BCUT2D eigenvalue weighted by atomic mass is 9.95. The third-order valence-corrected chi connectivity index (χ3v) is 5.90. The second kappa shape index (κ2) is 12.7. The molecule has 1 aliphatic rings. The zero-order chi connectivity index (χ0) is 20.5. The number of hydrogen-bond acceptors (Lipinski definition) is 7. The van der Waals surface area contributed by atoms with Crippen molar-refractivity contribution in [3.63, 3.8) is 0 Å². The van der Waals surface area contributed by atoms with Crippen LogP contribution in [0.5, 0.6) is 5.75 Å². The Labute approximate surface area is 188 Å². The van der Waals surface area contributed by atoms with Gasteiger partial charge in [0.1, 0.15) is 28.0 Å². The third-order valence-electron chi connectivity index (χ3n) is 4.93. The Morgan fingerprint density at radius 1 is 1.17 bits per heavy atom. The molecule has 1 amide bonds. The lowest BCUT2D eigenvalue weighted by Crippen LogP contribution is -2.23. The van der Waals surface area contributed by atoms with E-state index in [1.165, 1.54) is 37.2 Å². The molecule has 0 radical (unpaired) electrons. The number of methoxy groups -OCH3 is 2. The van der Waals surface area contributed by atoms with Crippen molar-refractivity contribution >= 4 is 35.2 Å². The molecule has 1 aromatic heterocycles. The number of anilines is 1. The van der Waals surface area contributed by atoms with E-state index in [4.69, 9.17) is 19.3 Å². The molecular formula is C21H30ClN3O4S. The van der Waals surface area contributed by atoms with E-state index in [0.717, 1.165) is 27.0 Å². The van der Waals surface area contributed by atoms with Crippen LogP contribution in [0.4, 0.5) is 5.00 Å². The first-order valence-electron chi connectivity index (χ1n) is 9.98. The number of halogens is 1. The van der Waals surface area contributed by atoms with Crippen LogP contribution in [-0.4, -0.2) is 49.9 Å². The summed E-state index contributed by atoms with van der Waals surface area (Å²) < 4.78 is 10.2. The highest BCUT2D eigenvalue weighted by Crippen LogP contribution is 2.36. The fraction of sp³-hybridized carbons (Fsp3) is 0.524. The van der Waals surface area contributed by atoms with E-state index in [0.29, 0.717) is 32.2 Å². The predicted molar refractivity (Wildman–Crippen MR) is 121 cm³/mol. The molecule has 0 spiro atoms. The Hall–Kier alpha value is -1.87. The summed E-state index contributed by atoms with van der Waals surface area (Å²) >= 11 is 1.58. The van der Waals surface area contributed by atoms with Crippen LogP contribution in [0, 0.1) is 0 Å². The van der Waals surface area contributed by atoms with Gasteiger partial charge >= 0.3 is 0 Å². The third kappa shape index (κ3) is 6.84. The summed E-state index contributed by atoms with van der Waals surface area (Å²) in [5.41, 5.74) is 1.92. The van der Waals surface area contributed by atoms with Crippen molar-refractivity contribution in [2.45, 2.75) is 44.7 Å². The van der Waals surface area contributed by atoms with E-state index in [1.807, 2.05) is 24.3 Å². The van der Waals surface area contributed by atoms with E-state index in [-0.39, 0.29) is 12.4 Å². The van der Waals surface area contributed by atoms with Crippen LogP contribution in [0.2, 0.25) is 0 Å². The molecule has 1 heterocycles. The average molecular weight is 456 g/mol. The monoisotopic (exact) mass is 455 g/mol. The molecule has 1 N–H and O–H groups in total. The first-order valence-corrected chi connectivity index (χ1v) is 10.8. The number of nitrogens with zero attached hydrogens (tertiary/aromatic N) is 2. The second-order valence-corrected chi connectivity index (χ2v) is 8.08. The summed E-state index contributed by atoms with van der Waals surface area (Å²) in [5.74, 6) is 0.810. The molecule has 0 unspecified atom stereocenters. The summed E-state index contributed by atoms with van der Waals surface area (Å²) in [5, 5.41) is 6.82. The Morgan fingerprint density at radius 3 is 2.53 bits per heavy atom. The topological polar surface area (TPSA) is 72.9 Å². The second-order valence-electron chi connectivity index (χ2n) is 7.00. The van der Waals surface area contributed by atoms with Gasteiger partial charge in [0.25, 0.3) is 0 Å². The van der Waals surface area contributed by atoms with Crippen LogP contribution in [0.1, 0.15) is 37.1 Å². The SMILES string of the molecule is COCCON(C=O)Cc1nc(-c2ccc(OC)cc2)c(NC2CCCCC2)s1.Cl. The molecule has 0 atom stereocenters. The number of thiazole rings is 1. The molecular weight excluding hydrogens is 426 g/mol. The standard InChI is InChI=1S/C21H29N3O4S.ClH/c1-26-12-13-28-24(15-25)14-19-23-20(16-8-10-18(27-2)11-9-16)21(29-19)22-17-6-4-3-5-7-17;/h8-11,15,17,22H,3-7,12-14H2,1-2H3;1H. The number of hydroxylamine groups is 2. The van der Waals surface area contributed by atoms with Crippen molar-refractivity contribution in [1.29, 1.82) is 0 Å². The quantitative estimate of drug-likeness (QED) is 0.305. The lowest BCUT2D eigenvalue weighted by molar-refractivity contribution is -0.180. The molecule has 3 rings (SSSR count). The highest BCUT2D eigenvalue weighted by atomic mass is 35.5. The molecule has 1 aliphatic carbocycles. The maximum absolute atomic E-state index is 11.4. The van der Waals surface area contributed by atoms with Crippen LogP contribution in [0.15, 0.2) is 24.3 Å². The molecule has 2 aromatic rings. The zero-order valence-corrected chi connectivity index (χ0v) is 19.1. The molecule has 1 saturated carbocycles. The van der Waals surface area contributed by atoms with Crippen molar-refractivity contribution in [2.24, 2.45) is 0 Å². The molecule has 1 fully saturated rings. The van der Waals surface area contributed by atoms with Gasteiger partial charge in [0.2, 0.25) is 6.41 Å². The van der Waals surface area contributed by atoms with Crippen LogP contribution >= 0.6 is 23.7 Å². The summed E-state index contributed by atoms with van der Waals surface area (Å²) in [7, 11) is 3.25. The normalized spacial score (nSPS) is 14.1. The zero-order valence-electron chi connectivity index (χ0n) is 17.5. The van der Waals surface area contributed by atoms with Gasteiger partial charge in [-0.25, -0.2) is 10.0 Å². The highest BCUT2D eigenvalue weighted by molar-refractivity contribution is 7.16. The van der Waals surface area contributed by atoms with Crippen molar-refractivity contribution in [3.8, 4) is 17.0 Å². The number of nitrogens with one attached hydrogen (secondary N) is 1. The summed E-state index contributed by atoms with van der Waals surface area (Å²) in [6, 6.07) is 8.36. The van der Waals surface area contributed by atoms with Gasteiger partial charge in [0.15, 0.2) is 0 Å². The molecule has 7 nitrogen and oxygen atoms in total. The summed E-state index contributed by atoms with van der Waals surface area (Å²) in [6.45, 7) is 1.04. The first kappa shape index (κ1) is 24.4. The number of hydrogen-bond donors (Lipinski definition) is 1. The molecule has 166 valence electrons. The summed E-state index contributed by atoms with van der Waals surface area (Å²) in [4.78, 5) is 21.6. The number of rotatable bonds is 11. The van der Waals surface area contributed by atoms with E-state index >= 15 is 0 Å². The van der Waals surface area contributed by atoms with Crippen LogP contribution in [-0.2, 0) is 20.9 Å². The Balaban J connectivity index is 0.00000320. The van der Waals surface area contributed by atoms with Crippen molar-refractivity contribution < 1.29 is 19.1 Å². The lowest BCUT2D eigenvalue weighted by Gasteiger charge is -2.23. The van der Waals surface area contributed by atoms with Crippen LogP contribution in [0.25, 0.3) is 11.3 Å². The summed E-state index contributed by atoms with van der Waals surface area (Å²) in [6.07, 6.45) is 6.86. The Bertz CT molecular complexity index is 766. The smallest absolute Gasteiger partial charge is 0.233 e. The number of carbonyl (C=O) groups is 1. The average Bonchev–Trinajstić information content (AvgIpc) is 3.16. The highest BCUT2D eigenvalue weighted by Gasteiger charge is 2.20. The minimum absolute atomic E-state index is 0. The van der Waals surface area contributed by atoms with E-state index in [2.05, 4.69) is 5.32 Å². The Kier molecular flexibility index (Phi) is 10.4. The number of ether oxygens (including phenoxy) is 2. The first-order chi connectivity index (χ1) is 14.2. The molecule has 0 bridgehead atoms. The minimum Gasteiger partial charge on any atom is -0.497 e. The maximum Gasteiger partial charge on any atom is 0.233 e. The molecule has 9 heteroatoms. The van der Waals surface area contributed by atoms with Gasteiger partial charge in [-0.05, 0) is 37.1 Å². The fourth-order valence-electron chi connectivity index (χ4n) is 3.39. The minimum atomic E-state index is 0. The molecule has 0 saturated heterocycles. The van der Waals surface area contributed by atoms with Gasteiger partial charge in [-0.2, -0.15) is 0 Å². The maximum atomic E-state index is 11.4. The van der Waals surface area contributed by atoms with Crippen molar-refractivity contribution in [3.05, 3.63) is 29.3 Å². The number of aromatic nitrogens is 1. The van der Waals surface area contributed by atoms with Crippen molar-refractivity contribution in [2.75, 3.05) is 32.8 Å². The van der Waals surface area contributed by atoms with E-state index in [9.17, 15) is 4.79 Å². The van der Waals surface area contributed by atoms with Gasteiger partial charge in [-0.1, -0.05) is 30.6 Å². The van der Waals surface area contributed by atoms with Gasteiger partial charge in [-0.15, -0.1) is 12.4 Å². The largest absolute Gasteiger partial charge is 0.497 e. The van der Waals surface area contributed by atoms with Gasteiger partial charge in [-0.3, -0.25) is 9.63 Å². The number of benzene rings is 1. The Morgan fingerprint density at radius 2 is 1.90 bits per heavy atom. The molecule has 30 heavy (non-hydrogen) atoms. The number of carbonyl (C=O) groups excluding carboxylic acids is 1. The van der Waals surface area contributed by atoms with E-state index in [1.54, 1.807) is 25.6 Å². The number of amides is 1. The molecule has 1 aromatic carbocycles. The fourth-order valence-corrected chi connectivity index (χ4v) is 4.44. The van der Waals surface area contributed by atoms with E-state index < -0.39 is 0 Å². The van der Waals surface area contributed by atoms with Crippen LogP contribution < -0.4 is 10.1 Å². The van der Waals surface area contributed by atoms with Gasteiger partial charge < -0.3 is 14.8 Å². The van der Waals surface area contributed by atoms with Gasteiger partial charge in [0, 0.05) is 18.7 Å². The molecule has 0 aliphatic heterocycles. The van der Waals surface area contributed by atoms with Crippen LogP contribution in [0.3, 0.4) is 0 Å².